The van der Waals surface area contributed by atoms with Crippen LogP contribution < -0.4 is 10.0 Å². The van der Waals surface area contributed by atoms with E-state index < -0.39 is 10.0 Å². The monoisotopic (exact) mass is 384 g/mol. The van der Waals surface area contributed by atoms with E-state index >= 15 is 0 Å². The Labute approximate surface area is 160 Å². The van der Waals surface area contributed by atoms with Crippen molar-refractivity contribution >= 4 is 21.6 Å². The number of amides is 1. The van der Waals surface area contributed by atoms with E-state index in [4.69, 9.17) is 0 Å². The van der Waals surface area contributed by atoms with Gasteiger partial charge in [-0.3, -0.25) is 9.52 Å². The summed E-state index contributed by atoms with van der Waals surface area (Å²) in [4.78, 5) is 12.8. The molecule has 0 heterocycles. The molecule has 4 rings (SSSR count). The minimum Gasteiger partial charge on any atom is -0.349 e. The average molecular weight is 385 g/mol. The molecular weight excluding hydrogens is 360 g/mol. The van der Waals surface area contributed by atoms with E-state index in [2.05, 4.69) is 10.0 Å². The molecule has 0 saturated heterocycles. The highest BCUT2D eigenvalue weighted by molar-refractivity contribution is 7.92. The summed E-state index contributed by atoms with van der Waals surface area (Å²) in [5.41, 5.74) is 1.85. The van der Waals surface area contributed by atoms with Gasteiger partial charge in [0.05, 0.1) is 4.90 Å². The zero-order chi connectivity index (χ0) is 19.0. The van der Waals surface area contributed by atoms with Crippen molar-refractivity contribution in [1.82, 2.24) is 5.32 Å². The summed E-state index contributed by atoms with van der Waals surface area (Å²) in [6.07, 6.45) is 4.77. The predicted molar refractivity (Wildman–Crippen MR) is 105 cm³/mol. The second kappa shape index (κ2) is 7.00. The quantitative estimate of drug-likeness (QED) is 0.825. The number of sulfonamides is 1. The van der Waals surface area contributed by atoms with Gasteiger partial charge in [-0.05, 0) is 68.4 Å². The Bertz CT molecular complexity index is 954. The second-order valence-electron chi connectivity index (χ2n) is 7.75. The lowest BCUT2D eigenvalue weighted by atomic mass is 9.95. The first kappa shape index (κ1) is 18.0. The molecule has 0 aliphatic heterocycles. The summed E-state index contributed by atoms with van der Waals surface area (Å²) < 4.78 is 27.7. The van der Waals surface area contributed by atoms with Crippen molar-refractivity contribution in [3.8, 4) is 0 Å². The number of fused-ring (bicyclic) bond motifs is 2. The lowest BCUT2D eigenvalue weighted by Crippen LogP contribution is -2.38. The molecule has 3 atom stereocenters. The van der Waals surface area contributed by atoms with Gasteiger partial charge in [0.1, 0.15) is 0 Å². The van der Waals surface area contributed by atoms with E-state index in [1.165, 1.54) is 19.3 Å². The fraction of sp³-hybridized carbons (Fsp3) is 0.381. The number of nitrogens with one attached hydrogen (secondary N) is 2. The van der Waals surface area contributed by atoms with Crippen molar-refractivity contribution in [3.05, 3.63) is 59.7 Å². The lowest BCUT2D eigenvalue weighted by molar-refractivity contribution is 0.0923. The van der Waals surface area contributed by atoms with Crippen molar-refractivity contribution < 1.29 is 13.2 Å². The Morgan fingerprint density at radius 3 is 2.48 bits per heavy atom. The number of aryl methyl sites for hydroxylation is 1. The number of rotatable bonds is 5. The number of anilines is 1. The fourth-order valence-electron chi connectivity index (χ4n) is 4.33. The Hall–Kier alpha value is -2.34. The van der Waals surface area contributed by atoms with Gasteiger partial charge in [-0.1, -0.05) is 30.2 Å². The number of hydrogen-bond acceptors (Lipinski definition) is 3. The average Bonchev–Trinajstić information content (AvgIpc) is 3.25. The van der Waals surface area contributed by atoms with E-state index in [-0.39, 0.29) is 16.8 Å². The molecule has 0 radical (unpaired) electrons. The Morgan fingerprint density at radius 2 is 1.81 bits per heavy atom. The largest absolute Gasteiger partial charge is 0.349 e. The van der Waals surface area contributed by atoms with E-state index in [9.17, 15) is 13.2 Å². The minimum atomic E-state index is -3.68. The van der Waals surface area contributed by atoms with Crippen molar-refractivity contribution in [3.63, 3.8) is 0 Å². The van der Waals surface area contributed by atoms with Crippen molar-refractivity contribution in [2.75, 3.05) is 4.72 Å². The van der Waals surface area contributed by atoms with Gasteiger partial charge in [0.15, 0.2) is 0 Å². The molecule has 2 aliphatic rings. The first-order valence-electron chi connectivity index (χ1n) is 9.41. The highest BCUT2D eigenvalue weighted by atomic mass is 32.2. The van der Waals surface area contributed by atoms with Gasteiger partial charge < -0.3 is 5.32 Å². The van der Waals surface area contributed by atoms with Crippen LogP contribution in [0.4, 0.5) is 5.69 Å². The van der Waals surface area contributed by atoms with Crippen LogP contribution in [-0.4, -0.2) is 20.4 Å². The summed E-state index contributed by atoms with van der Waals surface area (Å²) in [6.45, 7) is 1.90. The van der Waals surface area contributed by atoms with Crippen LogP contribution in [0.2, 0.25) is 0 Å². The van der Waals surface area contributed by atoms with Crippen LogP contribution in [0.25, 0.3) is 0 Å². The zero-order valence-corrected chi connectivity index (χ0v) is 16.1. The van der Waals surface area contributed by atoms with E-state index in [0.29, 0.717) is 17.2 Å². The van der Waals surface area contributed by atoms with Crippen LogP contribution in [0.1, 0.15) is 41.6 Å². The number of hydrogen-bond donors (Lipinski definition) is 2. The van der Waals surface area contributed by atoms with Crippen molar-refractivity contribution in [1.29, 1.82) is 0 Å². The van der Waals surface area contributed by atoms with Gasteiger partial charge in [0, 0.05) is 17.3 Å². The highest BCUT2D eigenvalue weighted by Crippen LogP contribution is 2.44. The smallest absolute Gasteiger partial charge is 0.261 e. The molecule has 2 saturated carbocycles. The molecule has 6 heteroatoms. The summed E-state index contributed by atoms with van der Waals surface area (Å²) >= 11 is 0. The van der Waals surface area contributed by atoms with E-state index in [0.717, 1.165) is 17.9 Å². The van der Waals surface area contributed by atoms with Crippen LogP contribution in [0.5, 0.6) is 0 Å². The van der Waals surface area contributed by atoms with Crippen LogP contribution in [0, 0.1) is 18.8 Å². The van der Waals surface area contributed by atoms with Crippen molar-refractivity contribution in [2.45, 2.75) is 43.5 Å². The topological polar surface area (TPSA) is 75.3 Å². The molecule has 0 spiro atoms. The standard InChI is InChI=1S/C21H24N2O3S/c1-14-5-9-19(10-6-14)27(25,26)23-18-4-2-3-17(13-18)21(24)22-20-12-15-7-8-16(20)11-15/h2-6,9-10,13,15-16,20,23H,7-8,11-12H2,1H3,(H,22,24)/t15-,16-,20-/m0/s1. The maximum atomic E-state index is 12.6. The van der Waals surface area contributed by atoms with Crippen molar-refractivity contribution in [2.24, 2.45) is 11.8 Å². The molecule has 2 bridgehead atoms. The Kier molecular flexibility index (Phi) is 4.68. The molecule has 1 amide bonds. The molecule has 2 aromatic carbocycles. The van der Waals surface area contributed by atoms with Gasteiger partial charge in [-0.15, -0.1) is 0 Å². The number of benzene rings is 2. The molecule has 2 fully saturated rings. The predicted octanol–water partition coefficient (Wildman–Crippen LogP) is 3.71. The molecule has 142 valence electrons. The molecule has 2 aromatic rings. The first-order valence-corrected chi connectivity index (χ1v) is 10.9. The number of carbonyl (C=O) groups excluding carboxylic acids is 1. The third-order valence-corrected chi connectivity index (χ3v) is 7.16. The minimum absolute atomic E-state index is 0.135. The summed E-state index contributed by atoms with van der Waals surface area (Å²) in [6, 6.07) is 13.6. The van der Waals surface area contributed by atoms with Gasteiger partial charge >= 0.3 is 0 Å². The Balaban J connectivity index is 1.47. The van der Waals surface area contributed by atoms with E-state index in [1.54, 1.807) is 48.5 Å². The fourth-order valence-corrected chi connectivity index (χ4v) is 5.38. The molecule has 0 aromatic heterocycles. The molecule has 5 nitrogen and oxygen atoms in total. The highest BCUT2D eigenvalue weighted by Gasteiger charge is 2.40. The molecule has 27 heavy (non-hydrogen) atoms. The summed E-state index contributed by atoms with van der Waals surface area (Å²) in [5, 5.41) is 3.14. The second-order valence-corrected chi connectivity index (χ2v) is 9.44. The third kappa shape index (κ3) is 3.86. The van der Waals surface area contributed by atoms with Crippen LogP contribution in [0.15, 0.2) is 53.4 Å². The van der Waals surface area contributed by atoms with E-state index in [1.807, 2.05) is 6.92 Å². The third-order valence-electron chi connectivity index (χ3n) is 5.76. The maximum Gasteiger partial charge on any atom is 0.261 e. The van der Waals surface area contributed by atoms with Gasteiger partial charge in [-0.2, -0.15) is 0 Å². The molecule has 2 N–H and O–H groups in total. The normalized spacial score (nSPS) is 24.0. The zero-order valence-electron chi connectivity index (χ0n) is 15.3. The molecule has 2 aliphatic carbocycles. The number of carbonyl (C=O) groups is 1. The lowest BCUT2D eigenvalue weighted by Gasteiger charge is -2.23. The van der Waals surface area contributed by atoms with Gasteiger partial charge in [0.25, 0.3) is 15.9 Å². The molecular formula is C21H24N2O3S. The summed E-state index contributed by atoms with van der Waals surface area (Å²) in [5.74, 6) is 1.22. The van der Waals surface area contributed by atoms with Crippen LogP contribution in [-0.2, 0) is 10.0 Å². The maximum absolute atomic E-state index is 12.6. The van der Waals surface area contributed by atoms with Gasteiger partial charge in [0.2, 0.25) is 0 Å². The first-order chi connectivity index (χ1) is 12.9. The Morgan fingerprint density at radius 1 is 1.04 bits per heavy atom. The molecule has 0 unspecified atom stereocenters. The van der Waals surface area contributed by atoms with Crippen LogP contribution in [0.3, 0.4) is 0 Å². The SMILES string of the molecule is Cc1ccc(S(=O)(=O)Nc2cccc(C(=O)N[C@H]3C[C@H]4CC[C@H]3C4)c2)cc1. The van der Waals surface area contributed by atoms with Gasteiger partial charge in [-0.25, -0.2) is 8.42 Å². The summed E-state index contributed by atoms with van der Waals surface area (Å²) in [7, 11) is -3.68. The van der Waals surface area contributed by atoms with Crippen LogP contribution >= 0.6 is 0 Å².